The first-order chi connectivity index (χ1) is 14.5. The van der Waals surface area contributed by atoms with Crippen LogP contribution in [0.15, 0.2) is 23.1 Å². The van der Waals surface area contributed by atoms with Gasteiger partial charge in [0.2, 0.25) is 15.9 Å². The zero-order chi connectivity index (χ0) is 22.4. The van der Waals surface area contributed by atoms with Crippen molar-refractivity contribution in [2.45, 2.75) is 17.7 Å². The van der Waals surface area contributed by atoms with Crippen LogP contribution in [0.2, 0.25) is 0 Å². The lowest BCUT2D eigenvalue weighted by Crippen LogP contribution is -2.52. The second kappa shape index (κ2) is 8.30. The third kappa shape index (κ3) is 4.71. The monoisotopic (exact) mass is 486 g/mol. The lowest BCUT2D eigenvalue weighted by molar-refractivity contribution is -0.137. The fourth-order valence-corrected chi connectivity index (χ4v) is 6.97. The fourth-order valence-electron chi connectivity index (χ4n) is 4.16. The van der Waals surface area contributed by atoms with Gasteiger partial charge in [-0.1, -0.05) is 17.4 Å². The summed E-state index contributed by atoms with van der Waals surface area (Å²) in [6.45, 7) is 3.18. The number of anilines is 1. The van der Waals surface area contributed by atoms with Gasteiger partial charge in [0.15, 0.2) is 15.0 Å². The van der Waals surface area contributed by atoms with E-state index < -0.39 is 19.9 Å². The van der Waals surface area contributed by atoms with Crippen LogP contribution in [0.1, 0.15) is 12.8 Å². The van der Waals surface area contributed by atoms with Gasteiger partial charge < -0.3 is 9.80 Å². The molecule has 0 atom stereocenters. The Morgan fingerprint density at radius 2 is 1.65 bits per heavy atom. The number of sulfone groups is 1. The van der Waals surface area contributed by atoms with Crippen molar-refractivity contribution in [1.29, 1.82) is 0 Å². The molecule has 31 heavy (non-hydrogen) atoms. The van der Waals surface area contributed by atoms with E-state index in [1.807, 2.05) is 11.0 Å². The van der Waals surface area contributed by atoms with Gasteiger partial charge in [0.25, 0.3) is 0 Å². The van der Waals surface area contributed by atoms with E-state index in [9.17, 15) is 21.6 Å². The summed E-state index contributed by atoms with van der Waals surface area (Å²) >= 11 is 1.46. The maximum atomic E-state index is 12.9. The SMILES string of the molecule is CS(=O)(=O)c1cccc2sc(N3CCN(C(=O)C4CCN(S(C)(=O)=O)CC4)CC3)nc12. The molecule has 0 bridgehead atoms. The number of hydrogen-bond donors (Lipinski definition) is 0. The number of rotatable bonds is 4. The number of thiazole rings is 1. The number of fused-ring (bicyclic) bond motifs is 1. The Bertz CT molecular complexity index is 1190. The highest BCUT2D eigenvalue weighted by Gasteiger charge is 2.33. The van der Waals surface area contributed by atoms with Crippen molar-refractivity contribution < 1.29 is 21.6 Å². The summed E-state index contributed by atoms with van der Waals surface area (Å²) in [5, 5.41) is 0.764. The number of carbonyl (C=O) groups is 1. The van der Waals surface area contributed by atoms with Crippen molar-refractivity contribution in [3.05, 3.63) is 18.2 Å². The maximum Gasteiger partial charge on any atom is 0.225 e. The number of carbonyl (C=O) groups excluding carboxylic acids is 1. The highest BCUT2D eigenvalue weighted by molar-refractivity contribution is 7.91. The number of hydrogen-bond acceptors (Lipinski definition) is 8. The molecule has 2 fully saturated rings. The lowest BCUT2D eigenvalue weighted by Gasteiger charge is -2.38. The zero-order valence-corrected chi connectivity index (χ0v) is 20.0. The molecule has 2 aromatic rings. The summed E-state index contributed by atoms with van der Waals surface area (Å²) in [7, 11) is -6.56. The van der Waals surface area contributed by atoms with E-state index in [1.54, 1.807) is 12.1 Å². The van der Waals surface area contributed by atoms with E-state index in [-0.39, 0.29) is 16.7 Å². The fraction of sp³-hybridized carbons (Fsp3) is 0.579. The molecule has 3 heterocycles. The van der Waals surface area contributed by atoms with Crippen molar-refractivity contribution in [1.82, 2.24) is 14.2 Å². The van der Waals surface area contributed by atoms with Crippen LogP contribution < -0.4 is 4.90 Å². The van der Waals surface area contributed by atoms with E-state index in [2.05, 4.69) is 9.88 Å². The molecule has 9 nitrogen and oxygen atoms in total. The van der Waals surface area contributed by atoms with E-state index in [4.69, 9.17) is 0 Å². The quantitative estimate of drug-likeness (QED) is 0.635. The van der Waals surface area contributed by atoms with Crippen LogP contribution in [-0.2, 0) is 24.7 Å². The van der Waals surface area contributed by atoms with Crippen molar-refractivity contribution in [2.75, 3.05) is 56.7 Å². The minimum absolute atomic E-state index is 0.0939. The number of amides is 1. The first-order valence-electron chi connectivity index (χ1n) is 10.1. The Morgan fingerprint density at radius 1 is 1.00 bits per heavy atom. The number of nitrogens with zero attached hydrogens (tertiary/aromatic N) is 4. The van der Waals surface area contributed by atoms with Crippen molar-refractivity contribution in [3.63, 3.8) is 0 Å². The van der Waals surface area contributed by atoms with Crippen LogP contribution in [0, 0.1) is 5.92 Å². The molecule has 12 heteroatoms. The number of sulfonamides is 1. The van der Waals surface area contributed by atoms with Crippen LogP contribution in [0.4, 0.5) is 5.13 Å². The van der Waals surface area contributed by atoms with Gasteiger partial charge in [-0.05, 0) is 25.0 Å². The van der Waals surface area contributed by atoms with E-state index in [1.165, 1.54) is 28.2 Å². The molecule has 1 amide bonds. The van der Waals surface area contributed by atoms with Gasteiger partial charge in [0, 0.05) is 51.4 Å². The number of piperidine rings is 1. The first-order valence-corrected chi connectivity index (χ1v) is 14.7. The number of aromatic nitrogens is 1. The predicted molar refractivity (Wildman–Crippen MR) is 121 cm³/mol. The highest BCUT2D eigenvalue weighted by atomic mass is 32.2. The molecule has 0 N–H and O–H groups in total. The third-order valence-corrected chi connectivity index (χ3v) is 9.42. The minimum Gasteiger partial charge on any atom is -0.345 e. The van der Waals surface area contributed by atoms with Crippen LogP contribution in [0.25, 0.3) is 10.2 Å². The van der Waals surface area contributed by atoms with Gasteiger partial charge in [-0.25, -0.2) is 26.1 Å². The lowest BCUT2D eigenvalue weighted by atomic mass is 9.96. The van der Waals surface area contributed by atoms with Crippen LogP contribution in [0.3, 0.4) is 0 Å². The number of para-hydroxylation sites is 1. The van der Waals surface area contributed by atoms with Gasteiger partial charge in [0.1, 0.15) is 5.52 Å². The molecule has 0 saturated carbocycles. The van der Waals surface area contributed by atoms with Crippen molar-refractivity contribution in [2.24, 2.45) is 5.92 Å². The molecule has 0 spiro atoms. The van der Waals surface area contributed by atoms with Crippen LogP contribution in [-0.4, -0.2) is 88.7 Å². The van der Waals surface area contributed by atoms with Crippen molar-refractivity contribution >= 4 is 52.5 Å². The molecular formula is C19H26N4O5S3. The maximum absolute atomic E-state index is 12.9. The second-order valence-electron chi connectivity index (χ2n) is 8.12. The van der Waals surface area contributed by atoms with E-state index in [0.29, 0.717) is 57.6 Å². The van der Waals surface area contributed by atoms with Gasteiger partial charge >= 0.3 is 0 Å². The zero-order valence-electron chi connectivity index (χ0n) is 17.5. The predicted octanol–water partition coefficient (Wildman–Crippen LogP) is 1.02. The van der Waals surface area contributed by atoms with Crippen LogP contribution in [0.5, 0.6) is 0 Å². The van der Waals surface area contributed by atoms with Gasteiger partial charge in [-0.3, -0.25) is 4.79 Å². The summed E-state index contributed by atoms with van der Waals surface area (Å²) in [4.78, 5) is 21.7. The summed E-state index contributed by atoms with van der Waals surface area (Å²) in [5.74, 6) is -0.0409. The standard InChI is InChI=1S/C19H26N4O5S3/c1-30(25,26)16-5-3-4-15-17(16)20-19(29-15)22-12-10-21(11-13-22)18(24)14-6-8-23(9-7-14)31(2,27)28/h3-5,14H,6-13H2,1-2H3. The first kappa shape index (κ1) is 22.4. The van der Waals surface area contributed by atoms with E-state index in [0.717, 1.165) is 9.83 Å². The Hall–Kier alpha value is -1.76. The van der Waals surface area contributed by atoms with Crippen molar-refractivity contribution in [3.8, 4) is 0 Å². The molecule has 1 aromatic heterocycles. The Kier molecular flexibility index (Phi) is 6.01. The van der Waals surface area contributed by atoms with Gasteiger partial charge in [-0.2, -0.15) is 0 Å². The Morgan fingerprint density at radius 3 is 2.23 bits per heavy atom. The molecule has 0 radical (unpaired) electrons. The summed E-state index contributed by atoms with van der Waals surface area (Å²) in [6.07, 6.45) is 3.50. The molecule has 4 rings (SSSR count). The normalized spacial score (nSPS) is 19.8. The topological polar surface area (TPSA) is 108 Å². The largest absolute Gasteiger partial charge is 0.345 e. The van der Waals surface area contributed by atoms with Crippen LogP contribution >= 0.6 is 11.3 Å². The van der Waals surface area contributed by atoms with Gasteiger partial charge in [-0.15, -0.1) is 0 Å². The summed E-state index contributed by atoms with van der Waals surface area (Å²) < 4.78 is 49.7. The second-order valence-corrected chi connectivity index (χ2v) is 13.1. The third-order valence-electron chi connectivity index (χ3n) is 5.90. The summed E-state index contributed by atoms with van der Waals surface area (Å²) in [5.41, 5.74) is 0.501. The summed E-state index contributed by atoms with van der Waals surface area (Å²) in [6, 6.07) is 5.17. The number of benzene rings is 1. The Labute approximate surface area is 186 Å². The Balaban J connectivity index is 1.40. The highest BCUT2D eigenvalue weighted by Crippen LogP contribution is 2.33. The average Bonchev–Trinajstić information content (AvgIpc) is 3.16. The van der Waals surface area contributed by atoms with E-state index >= 15 is 0 Å². The van der Waals surface area contributed by atoms with Gasteiger partial charge in [0.05, 0.1) is 15.9 Å². The minimum atomic E-state index is -3.36. The molecule has 0 unspecified atom stereocenters. The molecular weight excluding hydrogens is 460 g/mol. The molecule has 0 aliphatic carbocycles. The average molecular weight is 487 g/mol. The molecule has 1 aromatic carbocycles. The molecule has 2 aliphatic heterocycles. The molecule has 2 saturated heterocycles. The molecule has 2 aliphatic rings. The smallest absolute Gasteiger partial charge is 0.225 e. The number of piperazine rings is 1. The molecule has 170 valence electrons.